The van der Waals surface area contributed by atoms with Crippen molar-refractivity contribution in [1.29, 1.82) is 0 Å². The van der Waals surface area contributed by atoms with Crippen molar-refractivity contribution >= 4 is 27.3 Å². The molecule has 2 aromatic rings. The van der Waals surface area contributed by atoms with Gasteiger partial charge in [0, 0.05) is 24.2 Å². The van der Waals surface area contributed by atoms with Crippen LogP contribution in [-0.2, 0) is 10.0 Å². The van der Waals surface area contributed by atoms with Gasteiger partial charge in [-0.2, -0.15) is 4.31 Å². The Kier molecular flexibility index (Phi) is 5.69. The molecule has 144 valence electrons. The summed E-state index contributed by atoms with van der Waals surface area (Å²) in [5.74, 6) is 0.353. The number of hydrogen-bond donors (Lipinski definition) is 0. The highest BCUT2D eigenvalue weighted by atomic mass is 35.5. The molecule has 0 atom stereocenters. The van der Waals surface area contributed by atoms with E-state index in [4.69, 9.17) is 16.3 Å². The average molecular weight is 411 g/mol. The van der Waals surface area contributed by atoms with E-state index in [1.54, 1.807) is 25.1 Å². The zero-order chi connectivity index (χ0) is 19.6. The van der Waals surface area contributed by atoms with E-state index in [-0.39, 0.29) is 10.6 Å². The molecule has 0 unspecified atom stereocenters. The summed E-state index contributed by atoms with van der Waals surface area (Å²) in [6.45, 7) is 2.65. The number of nitro groups is 1. The molecule has 0 aromatic heterocycles. The summed E-state index contributed by atoms with van der Waals surface area (Å²) in [6.07, 6.45) is 2.57. The van der Waals surface area contributed by atoms with Gasteiger partial charge in [-0.15, -0.1) is 0 Å². The van der Waals surface area contributed by atoms with E-state index in [0.29, 0.717) is 23.9 Å². The van der Waals surface area contributed by atoms with Gasteiger partial charge in [0.15, 0.2) is 0 Å². The van der Waals surface area contributed by atoms with Crippen molar-refractivity contribution in [3.8, 4) is 11.5 Å². The largest absolute Gasteiger partial charge is 0.450 e. The Labute approximate surface area is 162 Å². The van der Waals surface area contributed by atoms with Gasteiger partial charge in [0.1, 0.15) is 5.75 Å². The summed E-state index contributed by atoms with van der Waals surface area (Å²) in [5.41, 5.74) is 0.363. The monoisotopic (exact) mass is 410 g/mol. The second kappa shape index (κ2) is 7.84. The van der Waals surface area contributed by atoms with Crippen LogP contribution in [-0.4, -0.2) is 30.7 Å². The van der Waals surface area contributed by atoms with Gasteiger partial charge in [-0.1, -0.05) is 18.0 Å². The predicted octanol–water partition coefficient (Wildman–Crippen LogP) is 4.52. The second-order valence-electron chi connectivity index (χ2n) is 6.36. The molecule has 1 aliphatic rings. The minimum Gasteiger partial charge on any atom is -0.450 e. The first-order valence-corrected chi connectivity index (χ1v) is 10.3. The van der Waals surface area contributed by atoms with Crippen LogP contribution in [0.1, 0.15) is 24.8 Å². The Morgan fingerprint density at radius 2 is 1.81 bits per heavy atom. The maximum atomic E-state index is 12.8. The lowest BCUT2D eigenvalue weighted by molar-refractivity contribution is -0.385. The first-order chi connectivity index (χ1) is 12.8. The minimum absolute atomic E-state index is 0.0284. The molecular formula is C18H19ClN2O5S. The molecule has 1 fully saturated rings. The maximum Gasteiger partial charge on any atom is 0.312 e. The molecule has 1 aliphatic heterocycles. The van der Waals surface area contributed by atoms with E-state index in [9.17, 15) is 18.5 Å². The van der Waals surface area contributed by atoms with Gasteiger partial charge in [-0.05, 0) is 55.7 Å². The molecule has 7 nitrogen and oxygen atoms in total. The summed E-state index contributed by atoms with van der Waals surface area (Å²) >= 11 is 5.97. The van der Waals surface area contributed by atoms with E-state index in [1.165, 1.54) is 16.4 Å². The van der Waals surface area contributed by atoms with E-state index in [2.05, 4.69) is 0 Å². The quantitative estimate of drug-likeness (QED) is 0.533. The minimum atomic E-state index is -3.76. The molecule has 0 aliphatic carbocycles. The number of nitro benzene ring substituents is 1. The summed E-state index contributed by atoms with van der Waals surface area (Å²) < 4.78 is 32.5. The maximum absolute atomic E-state index is 12.8. The third-order valence-electron chi connectivity index (χ3n) is 4.44. The van der Waals surface area contributed by atoms with Crippen molar-refractivity contribution in [2.45, 2.75) is 31.1 Å². The molecule has 1 saturated heterocycles. The Hall–Kier alpha value is -2.16. The van der Waals surface area contributed by atoms with Gasteiger partial charge in [-0.3, -0.25) is 10.1 Å². The summed E-state index contributed by atoms with van der Waals surface area (Å²) in [4.78, 5) is 10.7. The van der Waals surface area contributed by atoms with Gasteiger partial charge < -0.3 is 4.74 Å². The molecule has 3 rings (SSSR count). The van der Waals surface area contributed by atoms with Crippen molar-refractivity contribution in [3.05, 3.63) is 57.1 Å². The Balaban J connectivity index is 1.95. The standard InChI is InChI=1S/C18H19ClN2O5S/c1-13-11-14(5-7-16(13)19)26-18-8-6-15(12-17(18)21(22)23)27(24,25)20-9-3-2-4-10-20/h5-8,11-12H,2-4,9-10H2,1H3. The average Bonchev–Trinajstić information content (AvgIpc) is 2.65. The molecule has 0 saturated carbocycles. The molecule has 0 amide bonds. The van der Waals surface area contributed by atoms with E-state index in [1.807, 2.05) is 0 Å². The van der Waals surface area contributed by atoms with E-state index >= 15 is 0 Å². The lowest BCUT2D eigenvalue weighted by atomic mass is 10.2. The first-order valence-electron chi connectivity index (χ1n) is 8.51. The second-order valence-corrected chi connectivity index (χ2v) is 8.71. The fourth-order valence-corrected chi connectivity index (χ4v) is 4.60. The summed E-state index contributed by atoms with van der Waals surface area (Å²) in [7, 11) is -3.76. The van der Waals surface area contributed by atoms with Gasteiger partial charge in [0.05, 0.1) is 9.82 Å². The van der Waals surface area contributed by atoms with Crippen molar-refractivity contribution < 1.29 is 18.1 Å². The lowest BCUT2D eigenvalue weighted by Crippen LogP contribution is -2.35. The van der Waals surface area contributed by atoms with Crippen LogP contribution in [0.5, 0.6) is 11.5 Å². The summed E-state index contributed by atoms with van der Waals surface area (Å²) in [6, 6.07) is 8.60. The van der Waals surface area contributed by atoms with Crippen molar-refractivity contribution in [2.24, 2.45) is 0 Å². The molecule has 1 heterocycles. The lowest BCUT2D eigenvalue weighted by Gasteiger charge is -2.25. The van der Waals surface area contributed by atoms with Crippen LogP contribution in [0.4, 0.5) is 5.69 Å². The molecule has 2 aromatic carbocycles. The first kappa shape index (κ1) is 19.6. The molecule has 0 N–H and O–H groups in total. The summed E-state index contributed by atoms with van der Waals surface area (Å²) in [5, 5.41) is 12.0. The third-order valence-corrected chi connectivity index (χ3v) is 6.76. The Morgan fingerprint density at radius 1 is 1.11 bits per heavy atom. The highest BCUT2D eigenvalue weighted by Crippen LogP contribution is 2.35. The fraction of sp³-hybridized carbons (Fsp3) is 0.333. The SMILES string of the molecule is Cc1cc(Oc2ccc(S(=O)(=O)N3CCCCC3)cc2[N+](=O)[O-])ccc1Cl. The third kappa shape index (κ3) is 4.23. The number of benzene rings is 2. The van der Waals surface area contributed by atoms with Crippen molar-refractivity contribution in [1.82, 2.24) is 4.31 Å². The zero-order valence-electron chi connectivity index (χ0n) is 14.7. The molecule has 0 radical (unpaired) electrons. The highest BCUT2D eigenvalue weighted by molar-refractivity contribution is 7.89. The molecule has 9 heteroatoms. The number of halogens is 1. The van der Waals surface area contributed by atoms with Crippen molar-refractivity contribution in [3.63, 3.8) is 0 Å². The van der Waals surface area contributed by atoms with Crippen LogP contribution in [0.2, 0.25) is 5.02 Å². The number of sulfonamides is 1. The zero-order valence-corrected chi connectivity index (χ0v) is 16.3. The fourth-order valence-electron chi connectivity index (χ4n) is 2.95. The molecule has 0 bridgehead atoms. The van der Waals surface area contributed by atoms with Crippen LogP contribution in [0.15, 0.2) is 41.3 Å². The van der Waals surface area contributed by atoms with Gasteiger partial charge in [0.2, 0.25) is 15.8 Å². The van der Waals surface area contributed by atoms with Crippen LogP contribution in [0.3, 0.4) is 0 Å². The molecule has 0 spiro atoms. The van der Waals surface area contributed by atoms with Crippen molar-refractivity contribution in [2.75, 3.05) is 13.1 Å². The molecule has 27 heavy (non-hydrogen) atoms. The Bertz CT molecular complexity index is 972. The number of aryl methyl sites for hydroxylation is 1. The number of ether oxygens (including phenoxy) is 1. The van der Waals surface area contributed by atoms with E-state index < -0.39 is 20.6 Å². The van der Waals surface area contributed by atoms with Crippen LogP contribution >= 0.6 is 11.6 Å². The number of rotatable bonds is 5. The van der Waals surface area contributed by atoms with E-state index in [0.717, 1.165) is 30.9 Å². The topological polar surface area (TPSA) is 89.8 Å². The number of piperidine rings is 1. The molecular weight excluding hydrogens is 392 g/mol. The van der Waals surface area contributed by atoms with Gasteiger partial charge >= 0.3 is 5.69 Å². The van der Waals surface area contributed by atoms with Gasteiger partial charge in [0.25, 0.3) is 0 Å². The van der Waals surface area contributed by atoms with Gasteiger partial charge in [-0.25, -0.2) is 8.42 Å². The van der Waals surface area contributed by atoms with Crippen LogP contribution in [0.25, 0.3) is 0 Å². The smallest absolute Gasteiger partial charge is 0.312 e. The van der Waals surface area contributed by atoms with Crippen LogP contribution in [0, 0.1) is 17.0 Å². The van der Waals surface area contributed by atoms with Crippen LogP contribution < -0.4 is 4.74 Å². The number of nitrogens with zero attached hydrogens (tertiary/aromatic N) is 2. The Morgan fingerprint density at radius 3 is 2.44 bits per heavy atom. The highest BCUT2D eigenvalue weighted by Gasteiger charge is 2.29. The predicted molar refractivity (Wildman–Crippen MR) is 102 cm³/mol. The number of hydrogen-bond acceptors (Lipinski definition) is 5. The normalized spacial score (nSPS) is 15.5.